The molecule has 0 amide bonds. The molecule has 0 aliphatic rings. The number of nitriles is 1. The SMILES string of the molecule is CN(C)C(C)(C)CNc1cc(C#N)ccn1. The molecule has 1 aromatic rings. The van der Waals surface area contributed by atoms with Crippen molar-refractivity contribution >= 4 is 5.82 Å². The second-order valence-corrected chi connectivity index (χ2v) is 4.60. The van der Waals surface area contributed by atoms with E-state index in [2.05, 4.69) is 35.1 Å². The number of pyridine rings is 1. The van der Waals surface area contributed by atoms with E-state index in [9.17, 15) is 0 Å². The number of nitrogens with one attached hydrogen (secondary N) is 1. The summed E-state index contributed by atoms with van der Waals surface area (Å²) in [6, 6.07) is 5.55. The van der Waals surface area contributed by atoms with Crippen LogP contribution in [0.1, 0.15) is 19.4 Å². The van der Waals surface area contributed by atoms with E-state index in [1.165, 1.54) is 0 Å². The molecular weight excluding hydrogens is 200 g/mol. The highest BCUT2D eigenvalue weighted by Crippen LogP contribution is 2.12. The van der Waals surface area contributed by atoms with Crippen LogP contribution in [0.2, 0.25) is 0 Å². The molecule has 0 atom stereocenters. The van der Waals surface area contributed by atoms with E-state index in [0.717, 1.165) is 12.4 Å². The second kappa shape index (κ2) is 4.95. The average Bonchev–Trinajstić information content (AvgIpc) is 2.26. The molecular formula is C12H18N4. The van der Waals surface area contributed by atoms with Crippen LogP contribution in [0.4, 0.5) is 5.82 Å². The number of nitrogens with zero attached hydrogens (tertiary/aromatic N) is 3. The van der Waals surface area contributed by atoms with Crippen molar-refractivity contribution in [3.63, 3.8) is 0 Å². The zero-order chi connectivity index (χ0) is 12.2. The molecule has 0 fully saturated rings. The largest absolute Gasteiger partial charge is 0.368 e. The van der Waals surface area contributed by atoms with E-state index >= 15 is 0 Å². The van der Waals surface area contributed by atoms with Crippen molar-refractivity contribution < 1.29 is 0 Å². The van der Waals surface area contributed by atoms with Crippen molar-refractivity contribution in [1.82, 2.24) is 9.88 Å². The summed E-state index contributed by atoms with van der Waals surface area (Å²) in [5, 5.41) is 12.0. The molecule has 1 heterocycles. The fraction of sp³-hybridized carbons (Fsp3) is 0.500. The standard InChI is InChI=1S/C12H18N4/c1-12(2,16(3)4)9-15-11-7-10(8-13)5-6-14-11/h5-7H,9H2,1-4H3,(H,14,15). The summed E-state index contributed by atoms with van der Waals surface area (Å²) in [7, 11) is 4.08. The molecule has 0 aliphatic carbocycles. The van der Waals surface area contributed by atoms with Crippen LogP contribution in [-0.4, -0.2) is 36.1 Å². The first kappa shape index (κ1) is 12.5. The lowest BCUT2D eigenvalue weighted by Crippen LogP contribution is -2.44. The molecule has 0 radical (unpaired) electrons. The van der Waals surface area contributed by atoms with Gasteiger partial charge in [-0.3, -0.25) is 0 Å². The molecule has 86 valence electrons. The predicted molar refractivity (Wildman–Crippen MR) is 65.2 cm³/mol. The van der Waals surface area contributed by atoms with Crippen LogP contribution >= 0.6 is 0 Å². The molecule has 0 spiro atoms. The fourth-order valence-electron chi connectivity index (χ4n) is 1.06. The molecule has 1 N–H and O–H groups in total. The van der Waals surface area contributed by atoms with Gasteiger partial charge in [0.2, 0.25) is 0 Å². The van der Waals surface area contributed by atoms with Crippen molar-refractivity contribution in [1.29, 1.82) is 5.26 Å². The van der Waals surface area contributed by atoms with Gasteiger partial charge in [0.15, 0.2) is 0 Å². The molecule has 0 aliphatic heterocycles. The number of anilines is 1. The summed E-state index contributed by atoms with van der Waals surface area (Å²) in [6.45, 7) is 5.07. The lowest BCUT2D eigenvalue weighted by Gasteiger charge is -2.32. The quantitative estimate of drug-likeness (QED) is 0.835. The summed E-state index contributed by atoms with van der Waals surface area (Å²) in [5.41, 5.74) is 0.671. The summed E-state index contributed by atoms with van der Waals surface area (Å²) in [5.74, 6) is 0.744. The van der Waals surface area contributed by atoms with Crippen LogP contribution in [0.15, 0.2) is 18.3 Å². The van der Waals surface area contributed by atoms with Crippen molar-refractivity contribution in [3.8, 4) is 6.07 Å². The molecule has 0 bridgehead atoms. The predicted octanol–water partition coefficient (Wildman–Crippen LogP) is 1.71. The van der Waals surface area contributed by atoms with Gasteiger partial charge in [-0.1, -0.05) is 0 Å². The number of aromatic nitrogens is 1. The third-order valence-electron chi connectivity index (χ3n) is 2.80. The minimum absolute atomic E-state index is 0.0460. The van der Waals surface area contributed by atoms with Crippen LogP contribution in [0.5, 0.6) is 0 Å². The smallest absolute Gasteiger partial charge is 0.127 e. The highest BCUT2D eigenvalue weighted by molar-refractivity contribution is 5.42. The van der Waals surface area contributed by atoms with Gasteiger partial charge in [0.1, 0.15) is 5.82 Å². The lowest BCUT2D eigenvalue weighted by atomic mass is 10.0. The topological polar surface area (TPSA) is 52.0 Å². The minimum Gasteiger partial charge on any atom is -0.368 e. The Morgan fingerprint density at radius 1 is 1.50 bits per heavy atom. The Morgan fingerprint density at radius 3 is 2.75 bits per heavy atom. The third kappa shape index (κ3) is 3.21. The molecule has 1 aromatic heterocycles. The molecule has 0 saturated heterocycles. The van der Waals surface area contributed by atoms with Gasteiger partial charge in [0.05, 0.1) is 11.6 Å². The minimum atomic E-state index is 0.0460. The number of likely N-dealkylation sites (N-methyl/N-ethyl adjacent to an activating group) is 1. The highest BCUT2D eigenvalue weighted by Gasteiger charge is 2.19. The maximum Gasteiger partial charge on any atom is 0.127 e. The third-order valence-corrected chi connectivity index (χ3v) is 2.80. The normalized spacial score (nSPS) is 11.2. The van der Waals surface area contributed by atoms with E-state index in [-0.39, 0.29) is 5.54 Å². The van der Waals surface area contributed by atoms with Gasteiger partial charge in [-0.2, -0.15) is 5.26 Å². The monoisotopic (exact) mass is 218 g/mol. The zero-order valence-electron chi connectivity index (χ0n) is 10.3. The Hall–Kier alpha value is -1.60. The molecule has 0 saturated carbocycles. The first-order valence-electron chi connectivity index (χ1n) is 5.23. The number of hydrogen-bond donors (Lipinski definition) is 1. The van der Waals surface area contributed by atoms with Crippen LogP contribution < -0.4 is 5.32 Å². The maximum absolute atomic E-state index is 8.76. The van der Waals surface area contributed by atoms with Gasteiger partial charge in [-0.15, -0.1) is 0 Å². The van der Waals surface area contributed by atoms with Gasteiger partial charge >= 0.3 is 0 Å². The van der Waals surface area contributed by atoms with Crippen LogP contribution in [0, 0.1) is 11.3 Å². The fourth-order valence-corrected chi connectivity index (χ4v) is 1.06. The van der Waals surface area contributed by atoms with E-state index < -0.39 is 0 Å². The van der Waals surface area contributed by atoms with Gasteiger partial charge in [-0.25, -0.2) is 4.98 Å². The molecule has 16 heavy (non-hydrogen) atoms. The zero-order valence-corrected chi connectivity index (χ0v) is 10.3. The Balaban J connectivity index is 2.65. The van der Waals surface area contributed by atoms with Crippen LogP contribution in [-0.2, 0) is 0 Å². The van der Waals surface area contributed by atoms with Crippen molar-refractivity contribution in [2.45, 2.75) is 19.4 Å². The van der Waals surface area contributed by atoms with Gasteiger partial charge in [0, 0.05) is 18.3 Å². The molecule has 0 aromatic carbocycles. The highest BCUT2D eigenvalue weighted by atomic mass is 15.2. The summed E-state index contributed by atoms with van der Waals surface area (Å²) < 4.78 is 0. The van der Waals surface area contributed by atoms with Crippen LogP contribution in [0.3, 0.4) is 0 Å². The summed E-state index contributed by atoms with van der Waals surface area (Å²) >= 11 is 0. The molecule has 4 nitrogen and oxygen atoms in total. The number of rotatable bonds is 4. The summed E-state index contributed by atoms with van der Waals surface area (Å²) in [6.07, 6.45) is 1.64. The van der Waals surface area contributed by atoms with E-state index in [1.807, 2.05) is 14.1 Å². The van der Waals surface area contributed by atoms with Crippen molar-refractivity contribution in [2.75, 3.05) is 26.0 Å². The second-order valence-electron chi connectivity index (χ2n) is 4.60. The molecule has 0 unspecified atom stereocenters. The maximum atomic E-state index is 8.76. The molecule has 4 heteroatoms. The Morgan fingerprint density at radius 2 is 2.19 bits per heavy atom. The summed E-state index contributed by atoms with van der Waals surface area (Å²) in [4.78, 5) is 6.32. The first-order valence-corrected chi connectivity index (χ1v) is 5.23. The van der Waals surface area contributed by atoms with Crippen LogP contribution in [0.25, 0.3) is 0 Å². The van der Waals surface area contributed by atoms with E-state index in [0.29, 0.717) is 5.56 Å². The van der Waals surface area contributed by atoms with E-state index in [1.54, 1.807) is 18.3 Å². The van der Waals surface area contributed by atoms with Crippen molar-refractivity contribution in [3.05, 3.63) is 23.9 Å². The number of hydrogen-bond acceptors (Lipinski definition) is 4. The first-order chi connectivity index (χ1) is 7.45. The van der Waals surface area contributed by atoms with Crippen molar-refractivity contribution in [2.24, 2.45) is 0 Å². The Bertz CT molecular complexity index is 390. The lowest BCUT2D eigenvalue weighted by molar-refractivity contribution is 0.210. The van der Waals surface area contributed by atoms with E-state index in [4.69, 9.17) is 5.26 Å². The average molecular weight is 218 g/mol. The Labute approximate surface area is 96.9 Å². The Kier molecular flexibility index (Phi) is 3.86. The van der Waals surface area contributed by atoms with Gasteiger partial charge in [0.25, 0.3) is 0 Å². The van der Waals surface area contributed by atoms with Gasteiger partial charge < -0.3 is 10.2 Å². The van der Waals surface area contributed by atoms with Gasteiger partial charge in [-0.05, 0) is 40.1 Å². The molecule has 1 rings (SSSR count).